The highest BCUT2D eigenvalue weighted by Gasteiger charge is 2.25. The van der Waals surface area contributed by atoms with Crippen molar-refractivity contribution >= 4 is 21.6 Å². The average Bonchev–Trinajstić information content (AvgIpc) is 3.28. The Morgan fingerprint density at radius 3 is 2.92 bits per heavy atom. The van der Waals surface area contributed by atoms with Crippen molar-refractivity contribution in [2.75, 3.05) is 19.9 Å². The lowest BCUT2D eigenvalue weighted by atomic mass is 9.98. The van der Waals surface area contributed by atoms with E-state index in [0.29, 0.717) is 18.2 Å². The van der Waals surface area contributed by atoms with Crippen molar-refractivity contribution in [3.63, 3.8) is 0 Å². The number of phenols is 1. The lowest BCUT2D eigenvalue weighted by Gasteiger charge is -2.31. The predicted molar refractivity (Wildman–Crippen MR) is 101 cm³/mol. The molecule has 6 heteroatoms. The minimum atomic E-state index is 0.224. The Labute approximate surface area is 155 Å². The summed E-state index contributed by atoms with van der Waals surface area (Å²) >= 11 is 1.81. The van der Waals surface area contributed by atoms with Crippen LogP contribution in [0.5, 0.6) is 17.2 Å². The Morgan fingerprint density at radius 2 is 2.04 bits per heavy atom. The van der Waals surface area contributed by atoms with Gasteiger partial charge in [-0.2, -0.15) is 0 Å². The van der Waals surface area contributed by atoms with Gasteiger partial charge in [-0.3, -0.25) is 4.90 Å². The summed E-state index contributed by atoms with van der Waals surface area (Å²) in [5.74, 6) is 2.07. The van der Waals surface area contributed by atoms with Gasteiger partial charge in [0.05, 0.1) is 15.2 Å². The summed E-state index contributed by atoms with van der Waals surface area (Å²) in [5.41, 5.74) is 1.98. The molecule has 0 saturated carbocycles. The number of ether oxygens (including phenoxy) is 2. The number of thiazole rings is 1. The number of piperidine rings is 1. The number of aromatic hydroxyl groups is 1. The van der Waals surface area contributed by atoms with Gasteiger partial charge >= 0.3 is 0 Å². The van der Waals surface area contributed by atoms with E-state index < -0.39 is 0 Å². The molecule has 0 spiro atoms. The Balaban J connectivity index is 1.34. The molecule has 1 fully saturated rings. The van der Waals surface area contributed by atoms with Crippen LogP contribution in [0.2, 0.25) is 0 Å². The van der Waals surface area contributed by atoms with Crippen molar-refractivity contribution in [1.82, 2.24) is 9.88 Å². The molecule has 5 rings (SSSR count). The number of phenolic OH excluding ortho intramolecular Hbond substituents is 1. The molecule has 0 unspecified atom stereocenters. The van der Waals surface area contributed by atoms with Gasteiger partial charge in [-0.15, -0.1) is 11.3 Å². The van der Waals surface area contributed by atoms with E-state index in [4.69, 9.17) is 14.5 Å². The van der Waals surface area contributed by atoms with Gasteiger partial charge in [-0.05, 0) is 37.6 Å². The number of hydrogen-bond donors (Lipinski definition) is 1. The highest BCUT2D eigenvalue weighted by atomic mass is 32.1. The maximum atomic E-state index is 10.3. The van der Waals surface area contributed by atoms with Gasteiger partial charge in [0.15, 0.2) is 11.5 Å². The first-order valence-corrected chi connectivity index (χ1v) is 9.77. The fourth-order valence-corrected chi connectivity index (χ4v) is 4.90. The lowest BCUT2D eigenvalue weighted by Crippen LogP contribution is -2.33. The summed E-state index contributed by atoms with van der Waals surface area (Å²) in [7, 11) is 0. The summed E-state index contributed by atoms with van der Waals surface area (Å²) in [6, 6.07) is 11.9. The summed E-state index contributed by atoms with van der Waals surface area (Å²) in [6.07, 6.45) is 2.31. The van der Waals surface area contributed by atoms with E-state index in [9.17, 15) is 5.11 Å². The van der Waals surface area contributed by atoms with Gasteiger partial charge in [0.25, 0.3) is 0 Å². The molecule has 0 amide bonds. The van der Waals surface area contributed by atoms with E-state index in [1.165, 1.54) is 16.1 Å². The molecule has 3 aromatic rings. The van der Waals surface area contributed by atoms with Crippen LogP contribution in [0.4, 0.5) is 0 Å². The van der Waals surface area contributed by atoms with Gasteiger partial charge in [-0.25, -0.2) is 4.98 Å². The quantitative estimate of drug-likeness (QED) is 0.754. The second-order valence-corrected chi connectivity index (χ2v) is 7.99. The van der Waals surface area contributed by atoms with Gasteiger partial charge in [0.1, 0.15) is 5.75 Å². The largest absolute Gasteiger partial charge is 0.507 e. The van der Waals surface area contributed by atoms with Crippen molar-refractivity contribution in [3.8, 4) is 17.2 Å². The zero-order valence-electron chi connectivity index (χ0n) is 14.4. The molecule has 1 atom stereocenters. The first kappa shape index (κ1) is 15.9. The molecular formula is C20H20N2O3S. The van der Waals surface area contributed by atoms with Gasteiger partial charge in [0.2, 0.25) is 6.79 Å². The Hall–Kier alpha value is -2.31. The normalized spacial score (nSPS) is 19.9. The highest BCUT2D eigenvalue weighted by molar-refractivity contribution is 7.18. The monoisotopic (exact) mass is 368 g/mol. The molecule has 1 aromatic heterocycles. The summed E-state index contributed by atoms with van der Waals surface area (Å²) in [6.45, 7) is 2.94. The van der Waals surface area contributed by atoms with Crippen LogP contribution in [-0.4, -0.2) is 34.9 Å². The molecule has 1 N–H and O–H groups in total. The first-order valence-electron chi connectivity index (χ1n) is 8.95. The van der Waals surface area contributed by atoms with E-state index in [2.05, 4.69) is 23.1 Å². The Morgan fingerprint density at radius 1 is 1.19 bits per heavy atom. The third-order valence-electron chi connectivity index (χ3n) is 5.13. The molecule has 134 valence electrons. The third kappa shape index (κ3) is 2.89. The fourth-order valence-electron chi connectivity index (χ4n) is 3.81. The van der Waals surface area contributed by atoms with Crippen LogP contribution < -0.4 is 9.47 Å². The lowest BCUT2D eigenvalue weighted by molar-refractivity contribution is 0.173. The molecule has 26 heavy (non-hydrogen) atoms. The molecule has 0 aliphatic carbocycles. The molecule has 0 bridgehead atoms. The second kappa shape index (κ2) is 6.45. The number of fused-ring (bicyclic) bond motifs is 2. The summed E-state index contributed by atoms with van der Waals surface area (Å²) in [5, 5.41) is 11.5. The maximum Gasteiger partial charge on any atom is 0.231 e. The number of rotatable bonds is 3. The number of para-hydroxylation sites is 1. The minimum Gasteiger partial charge on any atom is -0.507 e. The van der Waals surface area contributed by atoms with Crippen LogP contribution in [0, 0.1) is 0 Å². The van der Waals surface area contributed by atoms with Crippen LogP contribution in [0.1, 0.15) is 29.3 Å². The van der Waals surface area contributed by atoms with Gasteiger partial charge < -0.3 is 14.6 Å². The second-order valence-electron chi connectivity index (χ2n) is 6.93. The van der Waals surface area contributed by atoms with Gasteiger partial charge in [-0.1, -0.05) is 12.1 Å². The molecule has 0 radical (unpaired) electrons. The van der Waals surface area contributed by atoms with Gasteiger partial charge in [0, 0.05) is 30.6 Å². The molecule has 5 nitrogen and oxygen atoms in total. The Bertz CT molecular complexity index is 922. The number of nitrogens with zero attached hydrogens (tertiary/aromatic N) is 2. The van der Waals surface area contributed by atoms with Crippen molar-refractivity contribution < 1.29 is 14.6 Å². The molecule has 2 aliphatic heterocycles. The van der Waals surface area contributed by atoms with E-state index in [1.54, 1.807) is 6.07 Å². The first-order chi connectivity index (χ1) is 12.8. The molecule has 2 aliphatic rings. The molecule has 1 saturated heterocycles. The molecule has 2 aromatic carbocycles. The minimum absolute atomic E-state index is 0.224. The summed E-state index contributed by atoms with van der Waals surface area (Å²) < 4.78 is 12.0. The SMILES string of the molecule is Oc1cc2c(cc1CN1CCC[C@@H](c3nc4ccccc4s3)C1)OCO2. The maximum absolute atomic E-state index is 10.3. The number of hydrogen-bond acceptors (Lipinski definition) is 6. The van der Waals surface area contributed by atoms with Crippen molar-refractivity contribution in [2.45, 2.75) is 25.3 Å². The zero-order valence-corrected chi connectivity index (χ0v) is 15.2. The Kier molecular flexibility index (Phi) is 3.94. The topological polar surface area (TPSA) is 54.8 Å². The number of likely N-dealkylation sites (tertiary alicyclic amines) is 1. The zero-order chi connectivity index (χ0) is 17.5. The highest BCUT2D eigenvalue weighted by Crippen LogP contribution is 2.39. The number of aromatic nitrogens is 1. The number of benzene rings is 2. The predicted octanol–water partition coefficient (Wildman–Crippen LogP) is 4.11. The third-order valence-corrected chi connectivity index (χ3v) is 6.33. The van der Waals surface area contributed by atoms with Crippen LogP contribution in [0.25, 0.3) is 10.2 Å². The molecular weight excluding hydrogens is 348 g/mol. The van der Waals surface area contributed by atoms with Crippen molar-refractivity contribution in [3.05, 3.63) is 47.0 Å². The smallest absolute Gasteiger partial charge is 0.231 e. The van der Waals surface area contributed by atoms with Crippen molar-refractivity contribution in [1.29, 1.82) is 0 Å². The van der Waals surface area contributed by atoms with Crippen LogP contribution in [0.15, 0.2) is 36.4 Å². The van der Waals surface area contributed by atoms with Crippen molar-refractivity contribution in [2.24, 2.45) is 0 Å². The summed E-state index contributed by atoms with van der Waals surface area (Å²) in [4.78, 5) is 7.25. The van der Waals surface area contributed by atoms with E-state index in [1.807, 2.05) is 23.5 Å². The average molecular weight is 368 g/mol. The van der Waals surface area contributed by atoms with Crippen LogP contribution >= 0.6 is 11.3 Å². The standard InChI is InChI=1S/C20H20N2O3S/c23-16-9-18-17(24-12-25-18)8-14(16)11-22-7-3-4-13(10-22)20-21-15-5-1-2-6-19(15)26-20/h1-2,5-6,8-9,13,23H,3-4,7,10-12H2/t13-/m1/s1. The van der Waals surface area contributed by atoms with Crippen LogP contribution in [0.3, 0.4) is 0 Å². The van der Waals surface area contributed by atoms with E-state index >= 15 is 0 Å². The molecule has 3 heterocycles. The van der Waals surface area contributed by atoms with E-state index in [-0.39, 0.29) is 12.5 Å². The van der Waals surface area contributed by atoms with Crippen LogP contribution in [-0.2, 0) is 6.54 Å². The fraction of sp³-hybridized carbons (Fsp3) is 0.350. The van der Waals surface area contributed by atoms with E-state index in [0.717, 1.165) is 36.3 Å².